The van der Waals surface area contributed by atoms with Crippen molar-refractivity contribution in [2.24, 2.45) is 4.99 Å². The maximum Gasteiger partial charge on any atom is 0.383 e. The molecule has 0 radical (unpaired) electrons. The average Bonchev–Trinajstić information content (AvgIpc) is 2.25. The van der Waals surface area contributed by atoms with E-state index >= 15 is 0 Å². The van der Waals surface area contributed by atoms with Gasteiger partial charge in [-0.15, -0.1) is 0 Å². The Hall–Kier alpha value is -0.730. The molecule has 0 saturated heterocycles. The van der Waals surface area contributed by atoms with E-state index in [-0.39, 0.29) is 0 Å². The second-order valence-electron chi connectivity index (χ2n) is 3.61. The molecule has 0 spiro atoms. The zero-order chi connectivity index (χ0) is 10.1. The molecule has 1 rings (SSSR count). The lowest BCUT2D eigenvalue weighted by Gasteiger charge is -2.13. The molecule has 0 fully saturated rings. The Morgan fingerprint density at radius 3 is 2.86 bits per heavy atom. The summed E-state index contributed by atoms with van der Waals surface area (Å²) in [5.74, 6) is 0. The Morgan fingerprint density at radius 1 is 1.29 bits per heavy atom. The fraction of sp³-hybridized carbons (Fsp3) is 0.909. The standard InChI is InChI=1S/C11H21NO2/c1-2-3-4-5-6-9-13-11-12-8-7-10-14-11/h2-10H2,1H3. The third-order valence-corrected chi connectivity index (χ3v) is 2.24. The fourth-order valence-corrected chi connectivity index (χ4v) is 1.39. The zero-order valence-electron chi connectivity index (χ0n) is 9.13. The highest BCUT2D eigenvalue weighted by molar-refractivity contribution is 5.67. The lowest BCUT2D eigenvalue weighted by molar-refractivity contribution is 0.149. The van der Waals surface area contributed by atoms with Gasteiger partial charge in [0, 0.05) is 13.0 Å². The van der Waals surface area contributed by atoms with Gasteiger partial charge in [-0.05, 0) is 6.42 Å². The van der Waals surface area contributed by atoms with Gasteiger partial charge in [0.25, 0.3) is 0 Å². The lowest BCUT2D eigenvalue weighted by Crippen LogP contribution is -2.17. The van der Waals surface area contributed by atoms with Gasteiger partial charge >= 0.3 is 6.08 Å². The molecular formula is C11H21NO2. The molecular weight excluding hydrogens is 178 g/mol. The zero-order valence-corrected chi connectivity index (χ0v) is 9.13. The van der Waals surface area contributed by atoms with E-state index in [1.165, 1.54) is 25.7 Å². The van der Waals surface area contributed by atoms with E-state index in [0.717, 1.165) is 32.6 Å². The van der Waals surface area contributed by atoms with Crippen LogP contribution in [0, 0.1) is 0 Å². The summed E-state index contributed by atoms with van der Waals surface area (Å²) in [6.07, 6.45) is 7.82. The van der Waals surface area contributed by atoms with E-state index in [4.69, 9.17) is 9.47 Å². The molecule has 0 aromatic rings. The highest BCUT2D eigenvalue weighted by atomic mass is 16.7. The molecule has 0 aromatic carbocycles. The molecule has 3 nitrogen and oxygen atoms in total. The van der Waals surface area contributed by atoms with Crippen molar-refractivity contribution in [2.45, 2.75) is 45.4 Å². The summed E-state index contributed by atoms with van der Waals surface area (Å²) in [6, 6.07) is 0. The van der Waals surface area contributed by atoms with Gasteiger partial charge < -0.3 is 9.47 Å². The second kappa shape index (κ2) is 7.65. The van der Waals surface area contributed by atoms with E-state index in [0.29, 0.717) is 6.08 Å². The number of rotatable bonds is 6. The highest BCUT2D eigenvalue weighted by Gasteiger charge is 2.05. The molecule has 14 heavy (non-hydrogen) atoms. The van der Waals surface area contributed by atoms with Gasteiger partial charge in [0.1, 0.15) is 0 Å². The Morgan fingerprint density at radius 2 is 2.14 bits per heavy atom. The predicted octanol–water partition coefficient (Wildman–Crippen LogP) is 2.75. The maximum atomic E-state index is 5.39. The lowest BCUT2D eigenvalue weighted by atomic mass is 10.2. The summed E-state index contributed by atoms with van der Waals surface area (Å²) in [5.41, 5.74) is 0. The average molecular weight is 199 g/mol. The highest BCUT2D eigenvalue weighted by Crippen LogP contribution is 2.04. The van der Waals surface area contributed by atoms with Crippen LogP contribution in [0.2, 0.25) is 0 Å². The van der Waals surface area contributed by atoms with Gasteiger partial charge in [0.2, 0.25) is 0 Å². The number of nitrogens with zero attached hydrogens (tertiary/aromatic N) is 1. The van der Waals surface area contributed by atoms with Gasteiger partial charge in [0.05, 0.1) is 13.2 Å². The van der Waals surface area contributed by atoms with Gasteiger partial charge in [0.15, 0.2) is 0 Å². The molecule has 1 heterocycles. The minimum Gasteiger partial charge on any atom is -0.451 e. The molecule has 1 aliphatic heterocycles. The van der Waals surface area contributed by atoms with Crippen LogP contribution in [0.1, 0.15) is 45.4 Å². The van der Waals surface area contributed by atoms with Gasteiger partial charge in [-0.25, -0.2) is 4.99 Å². The molecule has 0 atom stereocenters. The summed E-state index contributed by atoms with van der Waals surface area (Å²) in [5, 5.41) is 0. The van der Waals surface area contributed by atoms with Crippen LogP contribution in [0.5, 0.6) is 0 Å². The molecule has 0 aromatic heterocycles. The van der Waals surface area contributed by atoms with E-state index < -0.39 is 0 Å². The fourth-order valence-electron chi connectivity index (χ4n) is 1.39. The quantitative estimate of drug-likeness (QED) is 0.616. The van der Waals surface area contributed by atoms with Crippen molar-refractivity contribution in [2.75, 3.05) is 19.8 Å². The number of ether oxygens (including phenoxy) is 2. The largest absolute Gasteiger partial charge is 0.451 e. The molecule has 0 aliphatic carbocycles. The van der Waals surface area contributed by atoms with Gasteiger partial charge in [-0.3, -0.25) is 0 Å². The molecule has 0 amide bonds. The minimum absolute atomic E-state index is 0.506. The first-order valence-corrected chi connectivity index (χ1v) is 5.73. The first-order valence-electron chi connectivity index (χ1n) is 5.73. The van der Waals surface area contributed by atoms with E-state index in [2.05, 4.69) is 11.9 Å². The normalized spacial score (nSPS) is 15.9. The summed E-state index contributed by atoms with van der Waals surface area (Å²) < 4.78 is 10.6. The SMILES string of the molecule is CCCCCCCOC1=NCCCO1. The van der Waals surface area contributed by atoms with Crippen LogP contribution in [-0.4, -0.2) is 25.8 Å². The first kappa shape index (κ1) is 11.3. The number of unbranched alkanes of at least 4 members (excludes halogenated alkanes) is 4. The van der Waals surface area contributed by atoms with Crippen molar-refractivity contribution in [1.82, 2.24) is 0 Å². The predicted molar refractivity (Wildman–Crippen MR) is 57.6 cm³/mol. The van der Waals surface area contributed by atoms with Crippen molar-refractivity contribution in [3.05, 3.63) is 0 Å². The van der Waals surface area contributed by atoms with Gasteiger partial charge in [-0.1, -0.05) is 32.6 Å². The molecule has 82 valence electrons. The molecule has 0 bridgehead atoms. The Labute approximate surface area is 86.5 Å². The van der Waals surface area contributed by atoms with Crippen LogP contribution in [-0.2, 0) is 9.47 Å². The van der Waals surface area contributed by atoms with E-state index in [9.17, 15) is 0 Å². The molecule has 3 heteroatoms. The Kier molecular flexibility index (Phi) is 6.20. The number of aliphatic imine (C=N–C) groups is 1. The minimum atomic E-state index is 0.506. The molecule has 1 aliphatic rings. The van der Waals surface area contributed by atoms with Crippen molar-refractivity contribution < 1.29 is 9.47 Å². The van der Waals surface area contributed by atoms with Crippen LogP contribution in [0.4, 0.5) is 0 Å². The van der Waals surface area contributed by atoms with Crippen molar-refractivity contribution in [1.29, 1.82) is 0 Å². The monoisotopic (exact) mass is 199 g/mol. The Balaban J connectivity index is 1.90. The number of hydrogen-bond acceptors (Lipinski definition) is 3. The van der Waals surface area contributed by atoms with Crippen LogP contribution in [0.25, 0.3) is 0 Å². The summed E-state index contributed by atoms with van der Waals surface area (Å²) >= 11 is 0. The maximum absolute atomic E-state index is 5.39. The topological polar surface area (TPSA) is 30.8 Å². The molecule has 0 saturated carbocycles. The molecule has 0 N–H and O–H groups in total. The first-order chi connectivity index (χ1) is 6.93. The molecule has 0 unspecified atom stereocenters. The summed E-state index contributed by atoms with van der Waals surface area (Å²) in [4.78, 5) is 4.14. The summed E-state index contributed by atoms with van der Waals surface area (Å²) in [7, 11) is 0. The van der Waals surface area contributed by atoms with Crippen molar-refractivity contribution in [3.63, 3.8) is 0 Å². The third kappa shape index (κ3) is 5.10. The van der Waals surface area contributed by atoms with Crippen LogP contribution in [0.15, 0.2) is 4.99 Å². The van der Waals surface area contributed by atoms with Crippen molar-refractivity contribution >= 4 is 6.08 Å². The Bertz CT molecular complexity index is 169. The second-order valence-corrected chi connectivity index (χ2v) is 3.61. The summed E-state index contributed by atoms with van der Waals surface area (Å²) in [6.45, 7) is 4.59. The van der Waals surface area contributed by atoms with Crippen LogP contribution >= 0.6 is 0 Å². The third-order valence-electron chi connectivity index (χ3n) is 2.24. The van der Waals surface area contributed by atoms with Crippen LogP contribution in [0.3, 0.4) is 0 Å². The van der Waals surface area contributed by atoms with E-state index in [1.807, 2.05) is 0 Å². The van der Waals surface area contributed by atoms with Crippen molar-refractivity contribution in [3.8, 4) is 0 Å². The number of hydrogen-bond donors (Lipinski definition) is 0. The van der Waals surface area contributed by atoms with Gasteiger partial charge in [-0.2, -0.15) is 0 Å². The van der Waals surface area contributed by atoms with E-state index in [1.54, 1.807) is 0 Å². The van der Waals surface area contributed by atoms with Crippen LogP contribution < -0.4 is 0 Å². The smallest absolute Gasteiger partial charge is 0.383 e.